The highest BCUT2D eigenvalue weighted by Crippen LogP contribution is 2.39. The van der Waals surface area contributed by atoms with E-state index in [9.17, 15) is 0 Å². The lowest BCUT2D eigenvalue weighted by Crippen LogP contribution is -2.20. The highest BCUT2D eigenvalue weighted by molar-refractivity contribution is 9.10. The zero-order valence-electron chi connectivity index (χ0n) is 10.1. The summed E-state index contributed by atoms with van der Waals surface area (Å²) in [5.74, 6) is 2.04. The van der Waals surface area contributed by atoms with Gasteiger partial charge in [0.05, 0.1) is 6.61 Å². The fraction of sp³-hybridized carbons (Fsp3) is 0.667. The van der Waals surface area contributed by atoms with Crippen molar-refractivity contribution in [2.75, 3.05) is 13.2 Å². The van der Waals surface area contributed by atoms with Crippen molar-refractivity contribution in [1.82, 2.24) is 9.97 Å². The molecule has 1 aliphatic carbocycles. The Labute approximate surface area is 110 Å². The summed E-state index contributed by atoms with van der Waals surface area (Å²) in [5, 5.41) is 0. The van der Waals surface area contributed by atoms with Gasteiger partial charge in [-0.25, -0.2) is 4.98 Å². The zero-order valence-corrected chi connectivity index (χ0v) is 11.7. The van der Waals surface area contributed by atoms with Crippen LogP contribution in [0.5, 0.6) is 5.88 Å². The van der Waals surface area contributed by atoms with Gasteiger partial charge < -0.3 is 9.47 Å². The van der Waals surface area contributed by atoms with E-state index in [-0.39, 0.29) is 6.10 Å². The van der Waals surface area contributed by atoms with Crippen LogP contribution in [0.15, 0.2) is 10.7 Å². The predicted octanol–water partition coefficient (Wildman–Crippen LogP) is 2.92. The number of nitrogens with zero attached hydrogens (tertiary/aromatic N) is 2. The van der Waals surface area contributed by atoms with Gasteiger partial charge in [-0.15, -0.1) is 0 Å². The standard InChI is InChI=1S/C12H17BrN2O2/c1-3-16-7-8(2)17-11-6-10(13)14-12(15-11)9-4-5-9/h6,8-9H,3-5,7H2,1-2H3. The molecule has 2 rings (SSSR count). The van der Waals surface area contributed by atoms with Gasteiger partial charge in [0.1, 0.15) is 16.5 Å². The van der Waals surface area contributed by atoms with Crippen LogP contribution in [0.4, 0.5) is 0 Å². The van der Waals surface area contributed by atoms with E-state index in [1.165, 1.54) is 12.8 Å². The number of halogens is 1. The molecule has 1 aliphatic rings. The van der Waals surface area contributed by atoms with Crippen molar-refractivity contribution in [2.45, 2.75) is 38.7 Å². The first-order valence-corrected chi connectivity index (χ1v) is 6.77. The van der Waals surface area contributed by atoms with Crippen LogP contribution in [0.25, 0.3) is 0 Å². The Kier molecular flexibility index (Phi) is 4.34. The molecule has 0 saturated heterocycles. The number of hydrogen-bond acceptors (Lipinski definition) is 4. The molecule has 0 aromatic carbocycles. The largest absolute Gasteiger partial charge is 0.472 e. The zero-order chi connectivity index (χ0) is 12.3. The lowest BCUT2D eigenvalue weighted by Gasteiger charge is -2.14. The van der Waals surface area contributed by atoms with Gasteiger partial charge in [0.25, 0.3) is 0 Å². The topological polar surface area (TPSA) is 44.2 Å². The van der Waals surface area contributed by atoms with Crippen LogP contribution < -0.4 is 4.74 Å². The summed E-state index contributed by atoms with van der Waals surface area (Å²) in [6.45, 7) is 5.23. The molecule has 0 bridgehead atoms. The van der Waals surface area contributed by atoms with Crippen LogP contribution in [-0.2, 0) is 4.74 Å². The summed E-state index contributed by atoms with van der Waals surface area (Å²) in [7, 11) is 0. The average Bonchev–Trinajstić information content (AvgIpc) is 3.09. The third kappa shape index (κ3) is 3.92. The summed E-state index contributed by atoms with van der Waals surface area (Å²) < 4.78 is 11.8. The molecule has 0 radical (unpaired) electrons. The Hall–Kier alpha value is -0.680. The number of ether oxygens (including phenoxy) is 2. The van der Waals surface area contributed by atoms with Crippen LogP contribution in [0.3, 0.4) is 0 Å². The Bertz CT molecular complexity index is 383. The van der Waals surface area contributed by atoms with Gasteiger partial charge in [0.15, 0.2) is 0 Å². The summed E-state index contributed by atoms with van der Waals surface area (Å²) in [6, 6.07) is 1.80. The summed E-state index contributed by atoms with van der Waals surface area (Å²) >= 11 is 3.39. The SMILES string of the molecule is CCOCC(C)Oc1cc(Br)nc(C2CC2)n1. The molecule has 1 heterocycles. The lowest BCUT2D eigenvalue weighted by molar-refractivity contribution is 0.0631. The highest BCUT2D eigenvalue weighted by Gasteiger charge is 2.27. The second-order valence-electron chi connectivity index (χ2n) is 4.25. The van der Waals surface area contributed by atoms with Crippen molar-refractivity contribution < 1.29 is 9.47 Å². The second-order valence-corrected chi connectivity index (χ2v) is 5.06. The molecule has 94 valence electrons. The number of hydrogen-bond donors (Lipinski definition) is 0. The average molecular weight is 301 g/mol. The minimum Gasteiger partial charge on any atom is -0.472 e. The Morgan fingerprint density at radius 1 is 1.47 bits per heavy atom. The molecule has 1 unspecified atom stereocenters. The lowest BCUT2D eigenvalue weighted by atomic mass is 10.4. The normalized spacial score (nSPS) is 16.9. The fourth-order valence-electron chi connectivity index (χ4n) is 1.52. The maximum atomic E-state index is 5.71. The molecular formula is C12H17BrN2O2. The van der Waals surface area contributed by atoms with E-state index in [4.69, 9.17) is 9.47 Å². The first-order valence-electron chi connectivity index (χ1n) is 5.98. The van der Waals surface area contributed by atoms with E-state index < -0.39 is 0 Å². The van der Waals surface area contributed by atoms with Crippen LogP contribution in [0.2, 0.25) is 0 Å². The van der Waals surface area contributed by atoms with Gasteiger partial charge in [0.2, 0.25) is 5.88 Å². The summed E-state index contributed by atoms with van der Waals surface area (Å²) in [5.41, 5.74) is 0. The molecular weight excluding hydrogens is 284 g/mol. The van der Waals surface area contributed by atoms with Crippen molar-refractivity contribution >= 4 is 15.9 Å². The molecule has 0 spiro atoms. The Morgan fingerprint density at radius 2 is 2.24 bits per heavy atom. The van der Waals surface area contributed by atoms with Gasteiger partial charge in [0, 0.05) is 18.6 Å². The number of rotatable bonds is 6. The van der Waals surface area contributed by atoms with Crippen LogP contribution in [0, 0.1) is 0 Å². The first-order chi connectivity index (χ1) is 8.19. The van der Waals surface area contributed by atoms with E-state index in [1.54, 1.807) is 6.07 Å². The minimum absolute atomic E-state index is 0.00352. The molecule has 1 saturated carbocycles. The molecule has 1 aromatic heterocycles. The molecule has 1 fully saturated rings. The van der Waals surface area contributed by atoms with Crippen LogP contribution >= 0.6 is 15.9 Å². The minimum atomic E-state index is 0.00352. The molecule has 4 nitrogen and oxygen atoms in total. The molecule has 0 aliphatic heterocycles. The molecule has 17 heavy (non-hydrogen) atoms. The van der Waals surface area contributed by atoms with Gasteiger partial charge in [-0.3, -0.25) is 0 Å². The Morgan fingerprint density at radius 3 is 2.88 bits per heavy atom. The summed E-state index contributed by atoms with van der Waals surface area (Å²) in [6.07, 6.45) is 2.37. The molecule has 1 aromatic rings. The van der Waals surface area contributed by atoms with E-state index >= 15 is 0 Å². The molecule has 0 amide bonds. The maximum absolute atomic E-state index is 5.71. The first kappa shape index (κ1) is 12.8. The molecule has 5 heteroatoms. The van der Waals surface area contributed by atoms with E-state index in [0.29, 0.717) is 25.0 Å². The maximum Gasteiger partial charge on any atom is 0.218 e. The molecule has 1 atom stereocenters. The van der Waals surface area contributed by atoms with Gasteiger partial charge in [-0.05, 0) is 42.6 Å². The van der Waals surface area contributed by atoms with Crippen molar-refractivity contribution in [3.05, 3.63) is 16.5 Å². The Balaban J connectivity index is 1.99. The number of aromatic nitrogens is 2. The summed E-state index contributed by atoms with van der Waals surface area (Å²) in [4.78, 5) is 8.78. The quantitative estimate of drug-likeness (QED) is 0.758. The van der Waals surface area contributed by atoms with Crippen molar-refractivity contribution in [2.24, 2.45) is 0 Å². The fourth-order valence-corrected chi connectivity index (χ4v) is 1.90. The van der Waals surface area contributed by atoms with Crippen LogP contribution in [-0.4, -0.2) is 29.3 Å². The predicted molar refractivity (Wildman–Crippen MR) is 68.3 cm³/mol. The van der Waals surface area contributed by atoms with Crippen molar-refractivity contribution in [1.29, 1.82) is 0 Å². The van der Waals surface area contributed by atoms with Gasteiger partial charge in [-0.1, -0.05) is 0 Å². The van der Waals surface area contributed by atoms with E-state index in [0.717, 1.165) is 10.4 Å². The highest BCUT2D eigenvalue weighted by atomic mass is 79.9. The van der Waals surface area contributed by atoms with Gasteiger partial charge >= 0.3 is 0 Å². The monoisotopic (exact) mass is 300 g/mol. The van der Waals surface area contributed by atoms with Gasteiger partial charge in [-0.2, -0.15) is 4.98 Å². The van der Waals surface area contributed by atoms with Crippen molar-refractivity contribution in [3.8, 4) is 5.88 Å². The van der Waals surface area contributed by atoms with Crippen molar-refractivity contribution in [3.63, 3.8) is 0 Å². The second kappa shape index (κ2) is 5.78. The van der Waals surface area contributed by atoms with E-state index in [1.807, 2.05) is 13.8 Å². The van der Waals surface area contributed by atoms with E-state index in [2.05, 4.69) is 25.9 Å². The smallest absolute Gasteiger partial charge is 0.218 e. The third-order valence-corrected chi connectivity index (χ3v) is 2.92. The molecule has 0 N–H and O–H groups in total. The van der Waals surface area contributed by atoms with Crippen LogP contribution in [0.1, 0.15) is 38.4 Å². The third-order valence-electron chi connectivity index (χ3n) is 2.51.